The number of fused-ring (bicyclic) bond motifs is 1. The fraction of sp³-hybridized carbons (Fsp3) is 0.0476. The highest BCUT2D eigenvalue weighted by molar-refractivity contribution is 9.10. The smallest absolute Gasteiger partial charge is 0.222 e. The van der Waals surface area contributed by atoms with E-state index < -0.39 is 0 Å². The van der Waals surface area contributed by atoms with E-state index in [0.717, 1.165) is 22.2 Å². The minimum Gasteiger partial charge on any atom is -0.368 e. The lowest BCUT2D eigenvalue weighted by atomic mass is 10.0. The number of benzene rings is 3. The molecule has 0 spiro atoms. The third-order valence-corrected chi connectivity index (χ3v) is 5.82. The van der Waals surface area contributed by atoms with Gasteiger partial charge >= 0.3 is 0 Å². The molecule has 0 atom stereocenters. The van der Waals surface area contributed by atoms with Crippen LogP contribution in [0, 0.1) is 0 Å². The van der Waals surface area contributed by atoms with Gasteiger partial charge in [-0.3, -0.25) is 3.93 Å². The Morgan fingerprint density at radius 1 is 0.926 bits per heavy atom. The number of anilines is 3. The van der Waals surface area contributed by atoms with Crippen LogP contribution in [-0.4, -0.2) is 16.2 Å². The van der Waals surface area contributed by atoms with Crippen LogP contribution in [0.2, 0.25) is 0 Å². The van der Waals surface area contributed by atoms with Gasteiger partial charge in [-0.05, 0) is 47.7 Å². The van der Waals surface area contributed by atoms with Gasteiger partial charge in [-0.2, -0.15) is 4.98 Å². The van der Waals surface area contributed by atoms with Crippen LogP contribution in [0.15, 0.2) is 77.7 Å². The summed E-state index contributed by atoms with van der Waals surface area (Å²) in [6, 6.07) is 24.5. The molecule has 1 aromatic heterocycles. The van der Waals surface area contributed by atoms with Crippen molar-refractivity contribution < 1.29 is 0 Å². The maximum absolute atomic E-state index is 5.96. The Balaban J connectivity index is 1.91. The normalized spacial score (nSPS) is 10.9. The summed E-state index contributed by atoms with van der Waals surface area (Å²) in [5.74, 6) is 0.960. The van der Waals surface area contributed by atoms with Gasteiger partial charge in [-0.25, -0.2) is 4.98 Å². The number of nitrogens with zero attached hydrogens (tertiary/aromatic N) is 3. The van der Waals surface area contributed by atoms with Gasteiger partial charge in [0, 0.05) is 10.3 Å². The number of thioether (sulfide) groups is 1. The predicted molar refractivity (Wildman–Crippen MR) is 119 cm³/mol. The quantitative estimate of drug-likeness (QED) is 0.311. The summed E-state index contributed by atoms with van der Waals surface area (Å²) in [5, 5.41) is 0.929. The van der Waals surface area contributed by atoms with Gasteiger partial charge in [-0.1, -0.05) is 42.5 Å². The van der Waals surface area contributed by atoms with Crippen LogP contribution in [-0.2, 0) is 0 Å². The molecule has 0 aliphatic carbocycles. The summed E-state index contributed by atoms with van der Waals surface area (Å²) in [6.45, 7) is 0. The van der Waals surface area contributed by atoms with Crippen LogP contribution in [0.5, 0.6) is 0 Å². The van der Waals surface area contributed by atoms with Crippen molar-refractivity contribution in [2.24, 2.45) is 0 Å². The molecule has 134 valence electrons. The van der Waals surface area contributed by atoms with Gasteiger partial charge < -0.3 is 5.73 Å². The molecule has 2 N–H and O–H groups in total. The predicted octanol–water partition coefficient (Wildman–Crippen LogP) is 6.05. The number of halogens is 1. The van der Waals surface area contributed by atoms with Crippen LogP contribution in [0.25, 0.3) is 22.0 Å². The Labute approximate surface area is 170 Å². The second-order valence-corrected chi connectivity index (χ2v) is 7.51. The average molecular weight is 437 g/mol. The number of nitrogen functional groups attached to an aromatic ring is 1. The molecule has 0 unspecified atom stereocenters. The number of hydrogen-bond donors (Lipinski definition) is 1. The zero-order valence-corrected chi connectivity index (χ0v) is 17.0. The van der Waals surface area contributed by atoms with Crippen molar-refractivity contribution in [2.45, 2.75) is 4.90 Å². The van der Waals surface area contributed by atoms with Crippen molar-refractivity contribution in [1.29, 1.82) is 0 Å². The van der Waals surface area contributed by atoms with E-state index in [1.807, 2.05) is 40.3 Å². The summed E-state index contributed by atoms with van der Waals surface area (Å²) in [6.07, 6.45) is 2.09. The Kier molecular flexibility index (Phi) is 5.01. The molecule has 0 radical (unpaired) electrons. The highest BCUT2D eigenvalue weighted by Gasteiger charge is 2.15. The zero-order valence-electron chi connectivity index (χ0n) is 14.6. The van der Waals surface area contributed by atoms with Gasteiger partial charge in [0.25, 0.3) is 0 Å². The lowest BCUT2D eigenvalue weighted by Crippen LogP contribution is -2.07. The van der Waals surface area contributed by atoms with E-state index in [0.29, 0.717) is 5.82 Å². The molecule has 4 nitrogen and oxygen atoms in total. The molecule has 3 aromatic carbocycles. The van der Waals surface area contributed by atoms with Crippen LogP contribution in [0.3, 0.4) is 0 Å². The molecule has 4 rings (SSSR count). The lowest BCUT2D eigenvalue weighted by Gasteiger charge is -2.18. The number of nitrogens with two attached hydrogens (primary N) is 1. The van der Waals surface area contributed by atoms with Crippen molar-refractivity contribution in [2.75, 3.05) is 15.9 Å². The number of para-hydroxylation sites is 1. The minimum absolute atomic E-state index is 0.246. The molecule has 0 saturated carbocycles. The van der Waals surface area contributed by atoms with Crippen LogP contribution < -0.4 is 9.66 Å². The molecule has 27 heavy (non-hydrogen) atoms. The Hall–Kier alpha value is -2.57. The number of aromatic nitrogens is 2. The highest BCUT2D eigenvalue weighted by Crippen LogP contribution is 2.37. The second kappa shape index (κ2) is 7.58. The van der Waals surface area contributed by atoms with E-state index >= 15 is 0 Å². The molecule has 1 heterocycles. The van der Waals surface area contributed by atoms with Crippen molar-refractivity contribution in [3.8, 4) is 11.1 Å². The molecule has 0 aliphatic heterocycles. The molecule has 4 aromatic rings. The van der Waals surface area contributed by atoms with Gasteiger partial charge in [0.2, 0.25) is 5.95 Å². The largest absolute Gasteiger partial charge is 0.368 e. The van der Waals surface area contributed by atoms with Gasteiger partial charge in [0.05, 0.1) is 27.4 Å². The summed E-state index contributed by atoms with van der Waals surface area (Å²) < 4.78 is 1.86. The molecular formula is C21H17BrN4S. The zero-order chi connectivity index (χ0) is 18.8. The van der Waals surface area contributed by atoms with Crippen LogP contribution in [0.1, 0.15) is 0 Å². The van der Waals surface area contributed by atoms with Crippen LogP contribution >= 0.6 is 27.9 Å². The Morgan fingerprint density at radius 2 is 1.67 bits per heavy atom. The molecule has 0 bridgehead atoms. The highest BCUT2D eigenvalue weighted by atomic mass is 79.9. The maximum Gasteiger partial charge on any atom is 0.222 e. The monoisotopic (exact) mass is 436 g/mol. The van der Waals surface area contributed by atoms with Gasteiger partial charge in [0.1, 0.15) is 0 Å². The molecule has 0 saturated heterocycles. The summed E-state index contributed by atoms with van der Waals surface area (Å²) in [7, 11) is 0. The van der Waals surface area contributed by atoms with Gasteiger partial charge in [0.15, 0.2) is 5.82 Å². The van der Waals surface area contributed by atoms with E-state index in [-0.39, 0.29) is 5.95 Å². The first kappa shape index (κ1) is 17.8. The molecule has 6 heteroatoms. The fourth-order valence-electron chi connectivity index (χ4n) is 3.01. The first-order valence-electron chi connectivity index (χ1n) is 8.39. The van der Waals surface area contributed by atoms with E-state index in [4.69, 9.17) is 5.73 Å². The first-order chi connectivity index (χ1) is 13.2. The molecule has 0 fully saturated rings. The topological polar surface area (TPSA) is 55.0 Å². The summed E-state index contributed by atoms with van der Waals surface area (Å²) in [4.78, 5) is 10.1. The summed E-state index contributed by atoms with van der Waals surface area (Å²) >= 11 is 5.38. The van der Waals surface area contributed by atoms with Crippen molar-refractivity contribution in [3.05, 3.63) is 72.8 Å². The maximum atomic E-state index is 5.96. The van der Waals surface area contributed by atoms with Crippen molar-refractivity contribution in [1.82, 2.24) is 9.97 Å². The second-order valence-electron chi connectivity index (χ2n) is 5.95. The SMILES string of the molecule is CSc1ccccc1-c1ccc2nc(N)nc(N(Br)c3ccccc3)c2c1. The summed E-state index contributed by atoms with van der Waals surface area (Å²) in [5.41, 5.74) is 10.0. The Bertz CT molecular complexity index is 1100. The number of hydrogen-bond acceptors (Lipinski definition) is 5. The fourth-order valence-corrected chi connectivity index (χ4v) is 4.14. The average Bonchev–Trinajstić information content (AvgIpc) is 2.73. The molecule has 0 aliphatic rings. The Morgan fingerprint density at radius 3 is 2.44 bits per heavy atom. The van der Waals surface area contributed by atoms with Crippen LogP contribution in [0.4, 0.5) is 17.5 Å². The van der Waals surface area contributed by atoms with Gasteiger partial charge in [-0.15, -0.1) is 11.8 Å². The first-order valence-corrected chi connectivity index (χ1v) is 10.3. The molecular weight excluding hydrogens is 420 g/mol. The van der Waals surface area contributed by atoms with E-state index in [9.17, 15) is 0 Å². The minimum atomic E-state index is 0.246. The third kappa shape index (κ3) is 3.50. The van der Waals surface area contributed by atoms with E-state index in [1.54, 1.807) is 11.8 Å². The van der Waals surface area contributed by atoms with Crippen molar-refractivity contribution >= 4 is 56.3 Å². The van der Waals surface area contributed by atoms with E-state index in [1.165, 1.54) is 10.5 Å². The third-order valence-electron chi connectivity index (χ3n) is 4.28. The lowest BCUT2D eigenvalue weighted by molar-refractivity contribution is 1.21. The number of rotatable bonds is 4. The molecule has 0 amide bonds. The van der Waals surface area contributed by atoms with Crippen molar-refractivity contribution in [3.63, 3.8) is 0 Å². The van der Waals surface area contributed by atoms with E-state index in [2.05, 4.69) is 68.8 Å². The standard InChI is InChI=1S/C21H17BrN4S/c1-27-19-10-6-5-9-16(19)14-11-12-18-17(13-14)20(25-21(23)24-18)26(22)15-7-3-2-4-8-15/h2-13H,1H3,(H2,23,24,25).